The average Bonchev–Trinajstić information content (AvgIpc) is 2.45. The van der Waals surface area contributed by atoms with Crippen molar-refractivity contribution in [2.45, 2.75) is 6.92 Å². The summed E-state index contributed by atoms with van der Waals surface area (Å²) in [7, 11) is 2.91. The summed E-state index contributed by atoms with van der Waals surface area (Å²) in [6.07, 6.45) is 0. The minimum atomic E-state index is -0.548. The van der Waals surface area contributed by atoms with E-state index in [4.69, 9.17) is 4.74 Å². The van der Waals surface area contributed by atoms with Crippen molar-refractivity contribution in [2.75, 3.05) is 14.2 Å². The number of aromatic nitrogens is 2. The molecule has 0 aliphatic heterocycles. The average molecular weight is 258 g/mol. The normalized spacial score (nSPS) is 10.1. The molecule has 0 aliphatic carbocycles. The number of benzene rings is 1. The molecule has 2 rings (SSSR count). The van der Waals surface area contributed by atoms with Crippen LogP contribution in [-0.2, 0) is 4.74 Å². The molecule has 5 nitrogen and oxygen atoms in total. The summed E-state index contributed by atoms with van der Waals surface area (Å²) < 4.78 is 9.81. The number of methoxy groups -OCH3 is 2. The molecule has 1 aromatic heterocycles. The maximum Gasteiger partial charge on any atom is 0.376 e. The highest BCUT2D eigenvalue weighted by molar-refractivity contribution is 5.85. The molecule has 5 heteroatoms. The highest BCUT2D eigenvalue weighted by Crippen LogP contribution is 2.22. The topological polar surface area (TPSA) is 61.3 Å². The number of aryl methyl sites for hydroxylation is 1. The number of carbonyl (C=O) groups is 1. The Kier molecular flexibility index (Phi) is 3.75. The first-order valence-corrected chi connectivity index (χ1v) is 5.72. The van der Waals surface area contributed by atoms with Crippen LogP contribution >= 0.6 is 0 Å². The molecule has 0 saturated carbocycles. The number of ether oxygens (including phenoxy) is 2. The fourth-order valence-electron chi connectivity index (χ4n) is 1.68. The predicted molar refractivity (Wildman–Crippen MR) is 70.1 cm³/mol. The molecule has 0 saturated heterocycles. The number of hydrogen-bond donors (Lipinski definition) is 0. The maximum absolute atomic E-state index is 11.5. The Hall–Kier alpha value is -2.43. The SMILES string of the molecule is COC(=O)c1nc(C)cc(-c2cccc(OC)c2)n1. The molecule has 98 valence electrons. The third kappa shape index (κ3) is 2.88. The lowest BCUT2D eigenvalue weighted by Gasteiger charge is -2.06. The molecule has 1 aromatic carbocycles. The van der Waals surface area contributed by atoms with Crippen LogP contribution in [-0.4, -0.2) is 30.2 Å². The lowest BCUT2D eigenvalue weighted by atomic mass is 10.1. The summed E-state index contributed by atoms with van der Waals surface area (Å²) in [5.74, 6) is 0.238. The van der Waals surface area contributed by atoms with Crippen molar-refractivity contribution < 1.29 is 14.3 Å². The molecule has 2 aromatic rings. The third-order valence-electron chi connectivity index (χ3n) is 2.59. The van der Waals surface area contributed by atoms with Crippen LogP contribution in [0.1, 0.15) is 16.3 Å². The van der Waals surface area contributed by atoms with Gasteiger partial charge >= 0.3 is 5.97 Å². The molecular formula is C14H14N2O3. The smallest absolute Gasteiger partial charge is 0.376 e. The Morgan fingerprint density at radius 2 is 1.95 bits per heavy atom. The van der Waals surface area contributed by atoms with Crippen molar-refractivity contribution in [3.05, 3.63) is 41.9 Å². The molecule has 0 spiro atoms. The van der Waals surface area contributed by atoms with E-state index >= 15 is 0 Å². The van der Waals surface area contributed by atoms with Gasteiger partial charge in [0, 0.05) is 11.3 Å². The Labute approximate surface area is 111 Å². The first kappa shape index (κ1) is 13.0. The number of rotatable bonds is 3. The van der Waals surface area contributed by atoms with Crippen LogP contribution in [0.5, 0.6) is 5.75 Å². The summed E-state index contributed by atoms with van der Waals surface area (Å²) in [6, 6.07) is 9.26. The highest BCUT2D eigenvalue weighted by atomic mass is 16.5. The van der Waals surface area contributed by atoms with Crippen LogP contribution in [0.2, 0.25) is 0 Å². The Bertz CT molecular complexity index is 611. The van der Waals surface area contributed by atoms with Gasteiger partial charge in [-0.15, -0.1) is 0 Å². The molecule has 1 heterocycles. The van der Waals surface area contributed by atoms with E-state index in [1.165, 1.54) is 7.11 Å². The number of nitrogens with zero attached hydrogens (tertiary/aromatic N) is 2. The second-order valence-electron chi connectivity index (χ2n) is 3.94. The van der Waals surface area contributed by atoms with Crippen molar-refractivity contribution in [3.63, 3.8) is 0 Å². The first-order chi connectivity index (χ1) is 9.13. The van der Waals surface area contributed by atoms with Gasteiger partial charge in [-0.2, -0.15) is 0 Å². The molecule has 0 bridgehead atoms. The van der Waals surface area contributed by atoms with Crippen molar-refractivity contribution in [1.29, 1.82) is 0 Å². The molecule has 0 N–H and O–H groups in total. The molecule has 0 fully saturated rings. The van der Waals surface area contributed by atoms with E-state index in [9.17, 15) is 4.79 Å². The first-order valence-electron chi connectivity index (χ1n) is 5.72. The summed E-state index contributed by atoms with van der Waals surface area (Å²) in [4.78, 5) is 19.8. The van der Waals surface area contributed by atoms with Crippen LogP contribution in [0.3, 0.4) is 0 Å². The highest BCUT2D eigenvalue weighted by Gasteiger charge is 2.12. The molecule has 19 heavy (non-hydrogen) atoms. The van der Waals surface area contributed by atoms with E-state index in [0.717, 1.165) is 11.3 Å². The number of carbonyl (C=O) groups excluding carboxylic acids is 1. The van der Waals surface area contributed by atoms with E-state index in [1.54, 1.807) is 20.1 Å². The van der Waals surface area contributed by atoms with E-state index in [2.05, 4.69) is 14.7 Å². The molecule has 0 radical (unpaired) electrons. The van der Waals surface area contributed by atoms with Gasteiger partial charge in [0.15, 0.2) is 0 Å². The van der Waals surface area contributed by atoms with Crippen molar-refractivity contribution in [3.8, 4) is 17.0 Å². The van der Waals surface area contributed by atoms with Crippen molar-refractivity contribution >= 4 is 5.97 Å². The fourth-order valence-corrected chi connectivity index (χ4v) is 1.68. The van der Waals surface area contributed by atoms with Crippen LogP contribution < -0.4 is 4.74 Å². The van der Waals surface area contributed by atoms with E-state index in [1.807, 2.05) is 24.3 Å². The van der Waals surface area contributed by atoms with Crippen molar-refractivity contribution in [1.82, 2.24) is 9.97 Å². The molecule has 0 atom stereocenters. The lowest BCUT2D eigenvalue weighted by Crippen LogP contribution is -2.09. The molecular weight excluding hydrogens is 244 g/mol. The van der Waals surface area contributed by atoms with E-state index in [-0.39, 0.29) is 5.82 Å². The predicted octanol–water partition coefficient (Wildman–Crippen LogP) is 2.25. The van der Waals surface area contributed by atoms with Gasteiger partial charge in [0.25, 0.3) is 0 Å². The summed E-state index contributed by atoms with van der Waals surface area (Å²) in [6.45, 7) is 1.80. The monoisotopic (exact) mass is 258 g/mol. The van der Waals surface area contributed by atoms with E-state index < -0.39 is 5.97 Å². The van der Waals surface area contributed by atoms with Crippen LogP contribution in [0, 0.1) is 6.92 Å². The van der Waals surface area contributed by atoms with Gasteiger partial charge < -0.3 is 9.47 Å². The van der Waals surface area contributed by atoms with Crippen molar-refractivity contribution in [2.24, 2.45) is 0 Å². The summed E-state index contributed by atoms with van der Waals surface area (Å²) in [5, 5.41) is 0. The standard InChI is InChI=1S/C14H14N2O3/c1-9-7-12(16-13(15-9)14(17)19-3)10-5-4-6-11(8-10)18-2/h4-8H,1-3H3. The van der Waals surface area contributed by atoms with Gasteiger partial charge in [-0.3, -0.25) is 0 Å². The van der Waals surface area contributed by atoms with Crippen LogP contribution in [0.4, 0.5) is 0 Å². The molecule has 0 unspecified atom stereocenters. The van der Waals surface area contributed by atoms with Crippen LogP contribution in [0.25, 0.3) is 11.3 Å². The Morgan fingerprint density at radius 3 is 2.63 bits per heavy atom. The summed E-state index contributed by atoms with van der Waals surface area (Å²) in [5.41, 5.74) is 2.22. The zero-order valence-electron chi connectivity index (χ0n) is 11.0. The largest absolute Gasteiger partial charge is 0.497 e. The zero-order valence-corrected chi connectivity index (χ0v) is 11.0. The maximum atomic E-state index is 11.5. The van der Waals surface area contributed by atoms with E-state index in [0.29, 0.717) is 11.4 Å². The Balaban J connectivity index is 2.49. The second-order valence-corrected chi connectivity index (χ2v) is 3.94. The van der Waals surface area contributed by atoms with Gasteiger partial charge in [0.1, 0.15) is 5.75 Å². The number of esters is 1. The quantitative estimate of drug-likeness (QED) is 0.790. The van der Waals surface area contributed by atoms with Gasteiger partial charge in [-0.05, 0) is 25.1 Å². The van der Waals surface area contributed by atoms with Crippen LogP contribution in [0.15, 0.2) is 30.3 Å². The van der Waals surface area contributed by atoms with Gasteiger partial charge in [0.05, 0.1) is 19.9 Å². The number of hydrogen-bond acceptors (Lipinski definition) is 5. The summed E-state index contributed by atoms with van der Waals surface area (Å²) >= 11 is 0. The van der Waals surface area contributed by atoms with Gasteiger partial charge in [0.2, 0.25) is 5.82 Å². The Morgan fingerprint density at radius 1 is 1.16 bits per heavy atom. The zero-order chi connectivity index (χ0) is 13.8. The minimum absolute atomic E-state index is 0.0559. The second kappa shape index (κ2) is 5.48. The van der Waals surface area contributed by atoms with Gasteiger partial charge in [-0.1, -0.05) is 12.1 Å². The van der Waals surface area contributed by atoms with Gasteiger partial charge in [-0.25, -0.2) is 14.8 Å². The molecule has 0 amide bonds. The third-order valence-corrected chi connectivity index (χ3v) is 2.59. The lowest BCUT2D eigenvalue weighted by molar-refractivity contribution is 0.0586. The minimum Gasteiger partial charge on any atom is -0.497 e. The molecule has 0 aliphatic rings. The fraction of sp³-hybridized carbons (Fsp3) is 0.214.